The van der Waals surface area contributed by atoms with Gasteiger partial charge in [-0.1, -0.05) is 32.9 Å². The number of benzene rings is 1. The summed E-state index contributed by atoms with van der Waals surface area (Å²) in [7, 11) is 0. The zero-order chi connectivity index (χ0) is 12.1. The molecule has 0 amide bonds. The number of ether oxygens (including phenoxy) is 1. The van der Waals surface area contributed by atoms with Crippen LogP contribution in [0, 0.1) is 12.8 Å². The lowest BCUT2D eigenvalue weighted by atomic mass is 10.0. The van der Waals surface area contributed by atoms with Gasteiger partial charge in [-0.2, -0.15) is 0 Å². The van der Waals surface area contributed by atoms with Crippen LogP contribution in [0.4, 0.5) is 0 Å². The van der Waals surface area contributed by atoms with Crippen molar-refractivity contribution in [3.63, 3.8) is 0 Å². The van der Waals surface area contributed by atoms with Crippen LogP contribution < -0.4 is 4.74 Å². The molecule has 0 radical (unpaired) electrons. The van der Waals surface area contributed by atoms with E-state index in [4.69, 9.17) is 9.84 Å². The molecule has 1 aromatic rings. The van der Waals surface area contributed by atoms with E-state index in [1.54, 1.807) is 0 Å². The summed E-state index contributed by atoms with van der Waals surface area (Å²) in [4.78, 5) is 0. The predicted octanol–water partition coefficient (Wildman–Crippen LogP) is 3.13. The van der Waals surface area contributed by atoms with Crippen molar-refractivity contribution < 1.29 is 9.84 Å². The largest absolute Gasteiger partial charge is 0.493 e. The molecule has 0 spiro atoms. The first-order valence-electron chi connectivity index (χ1n) is 5.88. The molecule has 2 heteroatoms. The highest BCUT2D eigenvalue weighted by atomic mass is 16.5. The molecule has 2 nitrogen and oxygen atoms in total. The molecule has 0 heterocycles. The molecule has 16 heavy (non-hydrogen) atoms. The van der Waals surface area contributed by atoms with Crippen molar-refractivity contribution in [2.24, 2.45) is 5.92 Å². The Labute approximate surface area is 98.3 Å². The zero-order valence-corrected chi connectivity index (χ0v) is 10.7. The predicted molar refractivity (Wildman–Crippen MR) is 67.0 cm³/mol. The highest BCUT2D eigenvalue weighted by Crippen LogP contribution is 2.24. The molecule has 0 aliphatic rings. The van der Waals surface area contributed by atoms with Crippen LogP contribution in [0.15, 0.2) is 18.2 Å². The highest BCUT2D eigenvalue weighted by Gasteiger charge is 2.06. The maximum Gasteiger partial charge on any atom is 0.122 e. The summed E-state index contributed by atoms with van der Waals surface area (Å²) < 4.78 is 5.72. The Balaban J connectivity index is 2.74. The van der Waals surface area contributed by atoms with Gasteiger partial charge in [0, 0.05) is 12.5 Å². The Kier molecular flexibility index (Phi) is 4.81. The normalized spacial score (nSPS) is 12.9. The molecule has 1 N–H and O–H groups in total. The summed E-state index contributed by atoms with van der Waals surface area (Å²) >= 11 is 0. The van der Waals surface area contributed by atoms with Gasteiger partial charge in [-0.25, -0.2) is 0 Å². The molecule has 1 aromatic carbocycles. The van der Waals surface area contributed by atoms with Crippen molar-refractivity contribution in [3.8, 4) is 5.75 Å². The van der Waals surface area contributed by atoms with Gasteiger partial charge >= 0.3 is 0 Å². The van der Waals surface area contributed by atoms with E-state index in [0.29, 0.717) is 12.5 Å². The standard InChI is InChI=1S/C14H22O2/c1-10(2)13-6-5-12(4)14(7-13)16-9-11(3)8-15/h5-7,10-11,15H,8-9H2,1-4H3. The molecule has 0 bridgehead atoms. The summed E-state index contributed by atoms with van der Waals surface area (Å²) in [6.45, 7) is 9.10. The Morgan fingerprint density at radius 2 is 1.94 bits per heavy atom. The van der Waals surface area contributed by atoms with Gasteiger partial charge in [0.05, 0.1) is 6.61 Å². The number of hydrogen-bond acceptors (Lipinski definition) is 2. The highest BCUT2D eigenvalue weighted by molar-refractivity contribution is 5.37. The van der Waals surface area contributed by atoms with Crippen molar-refractivity contribution in [1.82, 2.24) is 0 Å². The summed E-state index contributed by atoms with van der Waals surface area (Å²) in [6.07, 6.45) is 0. The summed E-state index contributed by atoms with van der Waals surface area (Å²) in [5, 5.41) is 8.94. The minimum absolute atomic E-state index is 0.170. The Hall–Kier alpha value is -1.02. The Morgan fingerprint density at radius 3 is 2.50 bits per heavy atom. The third kappa shape index (κ3) is 3.53. The van der Waals surface area contributed by atoms with Crippen LogP contribution in [0.5, 0.6) is 5.75 Å². The van der Waals surface area contributed by atoms with Gasteiger partial charge in [0.15, 0.2) is 0 Å². The van der Waals surface area contributed by atoms with Gasteiger partial charge in [0.1, 0.15) is 5.75 Å². The first kappa shape index (κ1) is 13.0. The molecule has 1 unspecified atom stereocenters. The van der Waals surface area contributed by atoms with Gasteiger partial charge in [0.2, 0.25) is 0 Å². The molecule has 0 aromatic heterocycles. The lowest BCUT2D eigenvalue weighted by Gasteiger charge is -2.14. The Morgan fingerprint density at radius 1 is 1.25 bits per heavy atom. The first-order chi connectivity index (χ1) is 7.54. The molecular weight excluding hydrogens is 200 g/mol. The van der Waals surface area contributed by atoms with E-state index in [2.05, 4.69) is 32.0 Å². The fourth-order valence-corrected chi connectivity index (χ4v) is 1.42. The van der Waals surface area contributed by atoms with E-state index in [1.165, 1.54) is 5.56 Å². The molecule has 1 rings (SSSR count). The Bertz CT molecular complexity index is 332. The molecule has 0 saturated carbocycles. The van der Waals surface area contributed by atoms with Crippen LogP contribution >= 0.6 is 0 Å². The van der Waals surface area contributed by atoms with Gasteiger partial charge in [-0.15, -0.1) is 0 Å². The lowest BCUT2D eigenvalue weighted by molar-refractivity contribution is 0.174. The first-order valence-corrected chi connectivity index (χ1v) is 5.88. The van der Waals surface area contributed by atoms with E-state index in [9.17, 15) is 0 Å². The van der Waals surface area contributed by atoms with Crippen LogP contribution in [0.3, 0.4) is 0 Å². The third-order valence-corrected chi connectivity index (χ3v) is 2.71. The molecule has 1 atom stereocenters. The van der Waals surface area contributed by atoms with Crippen molar-refractivity contribution in [2.75, 3.05) is 13.2 Å². The third-order valence-electron chi connectivity index (χ3n) is 2.71. The van der Waals surface area contributed by atoms with Crippen LogP contribution in [0.2, 0.25) is 0 Å². The number of hydrogen-bond donors (Lipinski definition) is 1. The van der Waals surface area contributed by atoms with Crippen LogP contribution in [-0.4, -0.2) is 18.3 Å². The zero-order valence-electron chi connectivity index (χ0n) is 10.7. The number of aliphatic hydroxyl groups is 1. The van der Waals surface area contributed by atoms with Crippen molar-refractivity contribution in [3.05, 3.63) is 29.3 Å². The average Bonchev–Trinajstić information content (AvgIpc) is 2.27. The van der Waals surface area contributed by atoms with Crippen molar-refractivity contribution >= 4 is 0 Å². The quantitative estimate of drug-likeness (QED) is 0.829. The van der Waals surface area contributed by atoms with E-state index in [-0.39, 0.29) is 12.5 Å². The molecule has 0 aliphatic heterocycles. The van der Waals surface area contributed by atoms with Crippen molar-refractivity contribution in [1.29, 1.82) is 0 Å². The molecule has 90 valence electrons. The SMILES string of the molecule is Cc1ccc(C(C)C)cc1OCC(C)CO. The van der Waals surface area contributed by atoms with Gasteiger partial charge in [-0.05, 0) is 30.0 Å². The van der Waals surface area contributed by atoms with E-state index >= 15 is 0 Å². The van der Waals surface area contributed by atoms with E-state index in [1.807, 2.05) is 13.8 Å². The smallest absolute Gasteiger partial charge is 0.122 e. The van der Waals surface area contributed by atoms with E-state index < -0.39 is 0 Å². The molecule has 0 aliphatic carbocycles. The molecular formula is C14H22O2. The number of aliphatic hydroxyl groups excluding tert-OH is 1. The average molecular weight is 222 g/mol. The summed E-state index contributed by atoms with van der Waals surface area (Å²) in [5.74, 6) is 1.63. The minimum atomic E-state index is 0.170. The second-order valence-electron chi connectivity index (χ2n) is 4.78. The second-order valence-corrected chi connectivity index (χ2v) is 4.78. The number of rotatable bonds is 5. The fraction of sp³-hybridized carbons (Fsp3) is 0.571. The van der Waals surface area contributed by atoms with Gasteiger partial charge < -0.3 is 9.84 Å². The van der Waals surface area contributed by atoms with Crippen LogP contribution in [0.1, 0.15) is 37.8 Å². The van der Waals surface area contributed by atoms with Gasteiger partial charge in [0.25, 0.3) is 0 Å². The summed E-state index contributed by atoms with van der Waals surface area (Å²) in [6, 6.07) is 6.33. The maximum atomic E-state index is 8.94. The van der Waals surface area contributed by atoms with E-state index in [0.717, 1.165) is 11.3 Å². The second kappa shape index (κ2) is 5.90. The van der Waals surface area contributed by atoms with Crippen molar-refractivity contribution in [2.45, 2.75) is 33.6 Å². The molecule has 0 saturated heterocycles. The minimum Gasteiger partial charge on any atom is -0.493 e. The summed E-state index contributed by atoms with van der Waals surface area (Å²) in [5.41, 5.74) is 2.44. The number of aryl methyl sites for hydroxylation is 1. The lowest BCUT2D eigenvalue weighted by Crippen LogP contribution is -2.12. The van der Waals surface area contributed by atoms with Crippen LogP contribution in [0.25, 0.3) is 0 Å². The van der Waals surface area contributed by atoms with Gasteiger partial charge in [-0.3, -0.25) is 0 Å². The maximum absolute atomic E-state index is 8.94. The van der Waals surface area contributed by atoms with Crippen LogP contribution in [-0.2, 0) is 0 Å². The fourth-order valence-electron chi connectivity index (χ4n) is 1.42. The topological polar surface area (TPSA) is 29.5 Å². The monoisotopic (exact) mass is 222 g/mol. The molecule has 0 fully saturated rings.